The summed E-state index contributed by atoms with van der Waals surface area (Å²) in [6.07, 6.45) is 1.33. The maximum Gasteiger partial charge on any atom is 0.270 e. The van der Waals surface area contributed by atoms with E-state index in [1.807, 2.05) is 13.8 Å². The largest absolute Gasteiger partial charge is 0.504 e. The van der Waals surface area contributed by atoms with Gasteiger partial charge in [0.15, 0.2) is 5.75 Å². The van der Waals surface area contributed by atoms with Crippen molar-refractivity contribution in [3.8, 4) is 5.75 Å². The second-order valence-electron chi connectivity index (χ2n) is 8.47. The van der Waals surface area contributed by atoms with Crippen LogP contribution in [-0.4, -0.2) is 60.6 Å². The minimum absolute atomic E-state index is 0.0461. The number of phenols is 1. The highest BCUT2D eigenvalue weighted by atomic mass is 35.5. The maximum absolute atomic E-state index is 12.9. The molecule has 2 aromatic carbocycles. The van der Waals surface area contributed by atoms with Crippen LogP contribution in [0.5, 0.6) is 5.75 Å². The van der Waals surface area contributed by atoms with Crippen molar-refractivity contribution in [3.05, 3.63) is 37.6 Å². The van der Waals surface area contributed by atoms with Gasteiger partial charge >= 0.3 is 0 Å². The molecule has 0 bridgehead atoms. The van der Waals surface area contributed by atoms with Crippen molar-refractivity contribution in [1.29, 1.82) is 0 Å². The zero-order valence-electron chi connectivity index (χ0n) is 18.6. The molecule has 11 nitrogen and oxygen atoms in total. The fourth-order valence-corrected chi connectivity index (χ4v) is 6.05. The Labute approximate surface area is 200 Å². The Bertz CT molecular complexity index is 1260. The fraction of sp³-hybridized carbons (Fsp3) is 0.524. The summed E-state index contributed by atoms with van der Waals surface area (Å²) in [6, 6.07) is 2.31. The molecule has 2 aliphatic rings. The SMILES string of the molecule is CC[C@@H](Nc1c(Nc2ccc(Cl)c(S(=O)(=O)N3C[C@H](O)CO3)c2O)c(=O)c1=O)[C@H]1CC[C@@H](C)O1. The van der Waals surface area contributed by atoms with Gasteiger partial charge in [-0.15, -0.1) is 0 Å². The van der Waals surface area contributed by atoms with E-state index in [-0.39, 0.29) is 53.5 Å². The van der Waals surface area contributed by atoms with E-state index in [2.05, 4.69) is 10.6 Å². The van der Waals surface area contributed by atoms with Gasteiger partial charge in [0, 0.05) is 0 Å². The molecule has 0 radical (unpaired) electrons. The summed E-state index contributed by atoms with van der Waals surface area (Å²) in [5.41, 5.74) is -1.71. The monoisotopic (exact) mass is 515 g/mol. The van der Waals surface area contributed by atoms with Gasteiger partial charge in [-0.2, -0.15) is 0 Å². The van der Waals surface area contributed by atoms with Crippen LogP contribution in [0.25, 0.3) is 0 Å². The Balaban J connectivity index is 1.62. The molecule has 34 heavy (non-hydrogen) atoms. The number of β-amino-alcohol motifs (C(OH)–C–C–N with tert-alkyl or cyclic N) is 1. The van der Waals surface area contributed by atoms with Crippen LogP contribution in [-0.2, 0) is 19.6 Å². The minimum atomic E-state index is -4.43. The third kappa shape index (κ3) is 4.41. The molecule has 0 saturated carbocycles. The van der Waals surface area contributed by atoms with Crippen molar-refractivity contribution in [3.63, 3.8) is 0 Å². The van der Waals surface area contributed by atoms with Gasteiger partial charge in [0.05, 0.1) is 48.2 Å². The number of aliphatic hydroxyl groups excluding tert-OH is 1. The molecule has 4 atom stereocenters. The highest BCUT2D eigenvalue weighted by Crippen LogP contribution is 2.40. The molecule has 2 aliphatic heterocycles. The van der Waals surface area contributed by atoms with Gasteiger partial charge in [0.1, 0.15) is 16.3 Å². The van der Waals surface area contributed by atoms with Crippen molar-refractivity contribution < 1.29 is 28.2 Å². The predicted octanol–water partition coefficient (Wildman–Crippen LogP) is 1.44. The molecule has 0 aliphatic carbocycles. The lowest BCUT2D eigenvalue weighted by Gasteiger charge is -2.26. The summed E-state index contributed by atoms with van der Waals surface area (Å²) in [5.74, 6) is -0.753. The molecular formula is C21H26ClN3O8S. The molecular weight excluding hydrogens is 490 g/mol. The summed E-state index contributed by atoms with van der Waals surface area (Å²) in [4.78, 5) is 28.9. The number of nitrogens with one attached hydrogen (secondary N) is 2. The lowest BCUT2D eigenvalue weighted by molar-refractivity contribution is -0.0317. The van der Waals surface area contributed by atoms with E-state index in [4.69, 9.17) is 21.2 Å². The number of hydrogen-bond donors (Lipinski definition) is 4. The first-order chi connectivity index (χ1) is 16.0. The summed E-state index contributed by atoms with van der Waals surface area (Å²) in [5, 5.41) is 25.8. The summed E-state index contributed by atoms with van der Waals surface area (Å²) < 4.78 is 32.3. The van der Waals surface area contributed by atoms with Gasteiger partial charge in [-0.25, -0.2) is 8.42 Å². The number of halogens is 1. The normalized spacial score (nSPS) is 24.5. The Morgan fingerprint density at radius 2 is 1.94 bits per heavy atom. The summed E-state index contributed by atoms with van der Waals surface area (Å²) in [7, 11) is -4.43. The third-order valence-electron chi connectivity index (χ3n) is 6.03. The van der Waals surface area contributed by atoms with Gasteiger partial charge in [0.2, 0.25) is 0 Å². The van der Waals surface area contributed by atoms with E-state index in [0.29, 0.717) is 10.9 Å². The average Bonchev–Trinajstić information content (AvgIpc) is 3.43. The molecule has 4 N–H and O–H groups in total. The number of aromatic hydroxyl groups is 1. The van der Waals surface area contributed by atoms with Crippen LogP contribution in [0.3, 0.4) is 0 Å². The Hall–Kier alpha value is -2.22. The van der Waals surface area contributed by atoms with E-state index in [1.165, 1.54) is 12.1 Å². The zero-order valence-corrected chi connectivity index (χ0v) is 20.1. The number of hydrogen-bond acceptors (Lipinski definition) is 10. The van der Waals surface area contributed by atoms with Gasteiger partial charge < -0.3 is 25.6 Å². The van der Waals surface area contributed by atoms with Crippen molar-refractivity contribution in [1.82, 2.24) is 4.47 Å². The van der Waals surface area contributed by atoms with Gasteiger partial charge in [-0.3, -0.25) is 14.4 Å². The van der Waals surface area contributed by atoms with Crippen LogP contribution in [0, 0.1) is 0 Å². The number of aliphatic hydroxyl groups is 1. The molecule has 4 rings (SSSR count). The molecule has 2 heterocycles. The molecule has 186 valence electrons. The summed E-state index contributed by atoms with van der Waals surface area (Å²) >= 11 is 6.07. The number of rotatable bonds is 8. The van der Waals surface area contributed by atoms with Crippen LogP contribution >= 0.6 is 11.6 Å². The Morgan fingerprint density at radius 3 is 2.53 bits per heavy atom. The van der Waals surface area contributed by atoms with E-state index in [1.54, 1.807) is 0 Å². The molecule has 2 fully saturated rings. The van der Waals surface area contributed by atoms with E-state index in [0.717, 1.165) is 12.8 Å². The summed E-state index contributed by atoms with van der Waals surface area (Å²) in [6.45, 7) is 3.35. The van der Waals surface area contributed by atoms with Crippen molar-refractivity contribution in [2.24, 2.45) is 0 Å². The second-order valence-corrected chi connectivity index (χ2v) is 10.6. The number of anilines is 3. The van der Waals surface area contributed by atoms with Gasteiger partial charge in [-0.05, 0) is 38.3 Å². The molecule has 0 amide bonds. The quantitative estimate of drug-likeness (QED) is 0.300. The van der Waals surface area contributed by atoms with E-state index >= 15 is 0 Å². The number of nitrogens with zero attached hydrogens (tertiary/aromatic N) is 1. The topological polar surface area (TPSA) is 154 Å². The fourth-order valence-electron chi connectivity index (χ4n) is 4.16. The first-order valence-electron chi connectivity index (χ1n) is 10.9. The zero-order chi connectivity index (χ0) is 24.8. The highest BCUT2D eigenvalue weighted by Gasteiger charge is 2.38. The first kappa shape index (κ1) is 24.9. The average molecular weight is 516 g/mol. The minimum Gasteiger partial charge on any atom is -0.504 e. The van der Waals surface area contributed by atoms with Crippen LogP contribution in [0.2, 0.25) is 5.02 Å². The van der Waals surface area contributed by atoms with Crippen LogP contribution in [0.15, 0.2) is 26.6 Å². The van der Waals surface area contributed by atoms with Gasteiger partial charge in [-0.1, -0.05) is 23.0 Å². The number of phenolic OH excluding ortho intramolecular Hbond substituents is 1. The first-order valence-corrected chi connectivity index (χ1v) is 12.7. The molecule has 0 aromatic heterocycles. The smallest absolute Gasteiger partial charge is 0.270 e. The number of benzene rings is 1. The standard InChI is InChI=1S/C21H26ClN3O8S/c1-3-13(15-7-4-10(2)33-15)23-16-17(20(29)19(16)28)24-14-6-5-12(22)21(18(14)27)34(30,31)25-8-11(26)9-32-25/h5-6,10-11,13,15,23-24,26-27H,3-4,7-9H2,1-2H3/t10-,11+,13-,15-/m1/s1. The Kier molecular flexibility index (Phi) is 6.91. The maximum atomic E-state index is 12.9. The van der Waals surface area contributed by atoms with Crippen LogP contribution in [0.4, 0.5) is 17.1 Å². The number of ether oxygens (including phenoxy) is 1. The van der Waals surface area contributed by atoms with Crippen molar-refractivity contribution >= 4 is 38.7 Å². The van der Waals surface area contributed by atoms with Crippen LogP contribution in [0.1, 0.15) is 33.1 Å². The molecule has 0 spiro atoms. The second kappa shape index (κ2) is 9.44. The Morgan fingerprint density at radius 1 is 1.24 bits per heavy atom. The molecule has 0 unspecified atom stereocenters. The number of sulfonamides is 1. The van der Waals surface area contributed by atoms with Gasteiger partial charge in [0.25, 0.3) is 20.9 Å². The molecule has 13 heteroatoms. The third-order valence-corrected chi connectivity index (χ3v) is 8.18. The van der Waals surface area contributed by atoms with Crippen molar-refractivity contribution in [2.45, 2.75) is 62.4 Å². The predicted molar refractivity (Wildman–Crippen MR) is 125 cm³/mol. The van der Waals surface area contributed by atoms with E-state index in [9.17, 15) is 28.2 Å². The van der Waals surface area contributed by atoms with E-state index < -0.39 is 37.6 Å². The highest BCUT2D eigenvalue weighted by molar-refractivity contribution is 7.89. The lowest BCUT2D eigenvalue weighted by Crippen LogP contribution is -2.42. The lowest BCUT2D eigenvalue weighted by atomic mass is 10.0. The van der Waals surface area contributed by atoms with Crippen molar-refractivity contribution in [2.75, 3.05) is 23.8 Å². The number of hydroxylamine groups is 1. The van der Waals surface area contributed by atoms with Crippen LogP contribution < -0.4 is 21.5 Å². The molecule has 2 aromatic rings. The molecule has 2 saturated heterocycles.